The molecule has 1 amide bonds. The van der Waals surface area contributed by atoms with Gasteiger partial charge in [-0.05, 0) is 43.0 Å². The zero-order chi connectivity index (χ0) is 19.6. The summed E-state index contributed by atoms with van der Waals surface area (Å²) < 4.78 is 28.4. The number of aromatic nitrogens is 1. The van der Waals surface area contributed by atoms with Gasteiger partial charge in [-0.3, -0.25) is 4.79 Å². The lowest BCUT2D eigenvalue weighted by atomic mass is 10.3. The molecule has 3 rings (SSSR count). The molecule has 0 aliphatic heterocycles. The van der Waals surface area contributed by atoms with E-state index in [1.54, 1.807) is 65.4 Å². The molecule has 0 saturated carbocycles. The lowest BCUT2D eigenvalue weighted by molar-refractivity contribution is 0.102. The van der Waals surface area contributed by atoms with Crippen LogP contribution in [0, 0.1) is 13.8 Å². The highest BCUT2D eigenvalue weighted by Gasteiger charge is 2.30. The van der Waals surface area contributed by atoms with Crippen molar-refractivity contribution in [3.05, 3.63) is 76.6 Å². The highest BCUT2D eigenvalue weighted by Crippen LogP contribution is 2.35. The van der Waals surface area contributed by atoms with Crippen molar-refractivity contribution in [2.45, 2.75) is 30.2 Å². The quantitative estimate of drug-likeness (QED) is 0.622. The summed E-state index contributed by atoms with van der Waals surface area (Å²) in [6.45, 7) is 7.72. The van der Waals surface area contributed by atoms with Crippen molar-refractivity contribution in [3.8, 4) is 0 Å². The van der Waals surface area contributed by atoms with Crippen LogP contribution in [0.5, 0.6) is 0 Å². The van der Waals surface area contributed by atoms with Gasteiger partial charge in [-0.2, -0.15) is 0 Å². The average Bonchev–Trinajstić information content (AvgIpc) is 3.27. The van der Waals surface area contributed by atoms with E-state index in [0.29, 0.717) is 17.0 Å². The van der Waals surface area contributed by atoms with Crippen molar-refractivity contribution in [2.24, 2.45) is 0 Å². The van der Waals surface area contributed by atoms with E-state index < -0.39 is 9.84 Å². The van der Waals surface area contributed by atoms with E-state index in [1.807, 2.05) is 6.92 Å². The molecule has 1 N–H and O–H groups in total. The highest BCUT2D eigenvalue weighted by molar-refractivity contribution is 7.91. The van der Waals surface area contributed by atoms with Gasteiger partial charge < -0.3 is 9.88 Å². The third-order valence-corrected chi connectivity index (χ3v) is 7.18. The highest BCUT2D eigenvalue weighted by atomic mass is 32.2. The van der Waals surface area contributed by atoms with Crippen molar-refractivity contribution in [1.82, 2.24) is 4.57 Å². The van der Waals surface area contributed by atoms with Crippen molar-refractivity contribution < 1.29 is 13.2 Å². The Morgan fingerprint density at radius 3 is 2.48 bits per heavy atom. The SMILES string of the molecule is C=CCn1c(C)c(C)c(S(=O)(=O)c2ccccc2)c1NC(=O)c1cccs1. The summed E-state index contributed by atoms with van der Waals surface area (Å²) in [5.74, 6) is -0.0653. The van der Waals surface area contributed by atoms with Crippen LogP contribution in [-0.2, 0) is 16.4 Å². The van der Waals surface area contributed by atoms with Gasteiger partial charge in [-0.1, -0.05) is 30.3 Å². The predicted molar refractivity (Wildman–Crippen MR) is 108 cm³/mol. The first-order chi connectivity index (χ1) is 12.9. The van der Waals surface area contributed by atoms with Gasteiger partial charge in [0, 0.05) is 12.2 Å². The molecule has 0 unspecified atom stereocenters. The number of anilines is 1. The third-order valence-electron chi connectivity index (χ3n) is 4.38. The van der Waals surface area contributed by atoms with Gasteiger partial charge in [-0.25, -0.2) is 8.42 Å². The third kappa shape index (κ3) is 3.48. The van der Waals surface area contributed by atoms with Gasteiger partial charge in [-0.15, -0.1) is 17.9 Å². The number of hydrogen-bond acceptors (Lipinski definition) is 4. The molecule has 1 aromatic carbocycles. The van der Waals surface area contributed by atoms with Crippen molar-refractivity contribution in [1.29, 1.82) is 0 Å². The number of amides is 1. The molecule has 2 heterocycles. The number of rotatable bonds is 6. The summed E-state index contributed by atoms with van der Waals surface area (Å²) in [6.07, 6.45) is 1.67. The lowest BCUT2D eigenvalue weighted by Crippen LogP contribution is -2.17. The van der Waals surface area contributed by atoms with Crippen LogP contribution in [0.3, 0.4) is 0 Å². The molecule has 2 aromatic heterocycles. The Labute approximate surface area is 162 Å². The first kappa shape index (κ1) is 19.1. The standard InChI is InChI=1S/C20H20N2O3S2/c1-4-12-22-15(3)14(2)18(27(24,25)16-9-6-5-7-10-16)19(22)21-20(23)17-11-8-13-26-17/h4-11,13H,1,12H2,2-3H3,(H,21,23). The van der Waals surface area contributed by atoms with E-state index in [9.17, 15) is 13.2 Å². The average molecular weight is 401 g/mol. The van der Waals surface area contributed by atoms with Gasteiger partial charge in [0.05, 0.1) is 9.77 Å². The number of allylic oxidation sites excluding steroid dienone is 1. The van der Waals surface area contributed by atoms with Gasteiger partial charge in [0.25, 0.3) is 5.91 Å². The van der Waals surface area contributed by atoms with E-state index in [2.05, 4.69) is 11.9 Å². The minimum absolute atomic E-state index is 0.123. The van der Waals surface area contributed by atoms with Gasteiger partial charge in [0.15, 0.2) is 0 Å². The second kappa shape index (κ2) is 7.54. The molecular weight excluding hydrogens is 380 g/mol. The summed E-state index contributed by atoms with van der Waals surface area (Å²) in [7, 11) is -3.80. The first-order valence-electron chi connectivity index (χ1n) is 8.33. The topological polar surface area (TPSA) is 68.2 Å². The lowest BCUT2D eigenvalue weighted by Gasteiger charge is -2.12. The van der Waals surface area contributed by atoms with Crippen molar-refractivity contribution >= 4 is 32.9 Å². The summed E-state index contributed by atoms with van der Waals surface area (Å²) in [6, 6.07) is 11.7. The molecule has 0 atom stereocenters. The normalized spacial score (nSPS) is 11.3. The van der Waals surface area contributed by atoms with Gasteiger partial charge >= 0.3 is 0 Å². The maximum absolute atomic E-state index is 13.3. The summed E-state index contributed by atoms with van der Waals surface area (Å²) in [4.78, 5) is 13.5. The number of thiophene rings is 1. The molecule has 7 heteroatoms. The van der Waals surface area contributed by atoms with Crippen LogP contribution >= 0.6 is 11.3 Å². The van der Waals surface area contributed by atoms with E-state index in [-0.39, 0.29) is 21.5 Å². The fraction of sp³-hybridized carbons (Fsp3) is 0.150. The van der Waals surface area contributed by atoms with Gasteiger partial charge in [0.1, 0.15) is 10.7 Å². The molecule has 0 saturated heterocycles. The number of sulfone groups is 1. The zero-order valence-corrected chi connectivity index (χ0v) is 16.7. The van der Waals surface area contributed by atoms with Gasteiger partial charge in [0.2, 0.25) is 9.84 Å². The predicted octanol–water partition coefficient (Wildman–Crippen LogP) is 4.44. The van der Waals surface area contributed by atoms with Crippen LogP contribution in [0.2, 0.25) is 0 Å². The Bertz CT molecular complexity index is 1080. The molecule has 0 bridgehead atoms. The molecule has 3 aromatic rings. The molecule has 0 aliphatic carbocycles. The Kier molecular flexibility index (Phi) is 5.34. The monoisotopic (exact) mass is 400 g/mol. The van der Waals surface area contributed by atoms with Crippen molar-refractivity contribution in [3.63, 3.8) is 0 Å². The molecule has 0 radical (unpaired) electrons. The largest absolute Gasteiger partial charge is 0.327 e. The molecule has 0 fully saturated rings. The molecule has 0 aliphatic rings. The van der Waals surface area contributed by atoms with E-state index in [0.717, 1.165) is 5.69 Å². The zero-order valence-electron chi connectivity index (χ0n) is 15.1. The van der Waals surface area contributed by atoms with E-state index in [4.69, 9.17) is 0 Å². The number of carbonyl (C=O) groups is 1. The van der Waals surface area contributed by atoms with Crippen LogP contribution in [0.25, 0.3) is 0 Å². The Balaban J connectivity index is 2.20. The fourth-order valence-electron chi connectivity index (χ4n) is 2.94. The maximum Gasteiger partial charge on any atom is 0.266 e. The Morgan fingerprint density at radius 1 is 1.19 bits per heavy atom. The fourth-order valence-corrected chi connectivity index (χ4v) is 5.28. The minimum atomic E-state index is -3.80. The van der Waals surface area contributed by atoms with Crippen molar-refractivity contribution in [2.75, 3.05) is 5.32 Å². The Morgan fingerprint density at radius 2 is 1.89 bits per heavy atom. The molecule has 5 nitrogen and oxygen atoms in total. The number of nitrogens with zero attached hydrogens (tertiary/aromatic N) is 1. The summed E-state index contributed by atoms with van der Waals surface area (Å²) >= 11 is 1.30. The van der Waals surface area contributed by atoms with Crippen LogP contribution < -0.4 is 5.32 Å². The number of hydrogen-bond donors (Lipinski definition) is 1. The van der Waals surface area contributed by atoms with E-state index >= 15 is 0 Å². The molecular formula is C20H20N2O3S2. The number of carbonyl (C=O) groups excluding carboxylic acids is 1. The first-order valence-corrected chi connectivity index (χ1v) is 10.7. The second-order valence-electron chi connectivity index (χ2n) is 6.04. The Hall–Kier alpha value is -2.64. The molecule has 140 valence electrons. The van der Waals surface area contributed by atoms with Crippen LogP contribution in [0.15, 0.2) is 70.3 Å². The number of nitrogens with one attached hydrogen (secondary N) is 1. The summed E-state index contributed by atoms with van der Waals surface area (Å²) in [5.41, 5.74) is 1.38. The smallest absolute Gasteiger partial charge is 0.266 e. The second-order valence-corrected chi connectivity index (χ2v) is 8.87. The maximum atomic E-state index is 13.3. The molecule has 27 heavy (non-hydrogen) atoms. The van der Waals surface area contributed by atoms with E-state index in [1.165, 1.54) is 11.3 Å². The minimum Gasteiger partial charge on any atom is -0.327 e. The summed E-state index contributed by atoms with van der Waals surface area (Å²) in [5, 5.41) is 4.61. The number of benzene rings is 1. The van der Waals surface area contributed by atoms with Crippen LogP contribution in [0.4, 0.5) is 5.82 Å². The van der Waals surface area contributed by atoms with Crippen LogP contribution in [-0.4, -0.2) is 18.9 Å². The van der Waals surface area contributed by atoms with Crippen LogP contribution in [0.1, 0.15) is 20.9 Å². The molecule has 0 spiro atoms.